The molecule has 0 heterocycles. The van der Waals surface area contributed by atoms with Gasteiger partial charge >= 0.3 is 0 Å². The number of aliphatic carboxylic acids is 7. The molecule has 0 radical (unpaired) electrons. The minimum absolute atomic E-state index is 0.493. The van der Waals surface area contributed by atoms with Crippen molar-refractivity contribution >= 4 is 41.8 Å². The predicted octanol–water partition coefficient (Wildman–Crippen LogP) is -3.48. The summed E-state index contributed by atoms with van der Waals surface area (Å²) < 4.78 is 0. The molecule has 0 aromatic carbocycles. The second-order valence-electron chi connectivity index (χ2n) is 6.32. The highest BCUT2D eigenvalue weighted by Gasteiger charge is 2.29. The molecular formula is C20H44N2O19. The van der Waals surface area contributed by atoms with E-state index in [1.165, 1.54) is 0 Å². The topological polar surface area (TPSA) is 400 Å². The first-order valence-electron chi connectivity index (χ1n) is 10.3. The fourth-order valence-corrected chi connectivity index (χ4v) is 0.833. The van der Waals surface area contributed by atoms with Crippen LogP contribution in [0.3, 0.4) is 0 Å². The molecule has 0 aromatic heterocycles. The third-order valence-corrected chi connectivity index (χ3v) is 1.75. The van der Waals surface area contributed by atoms with Gasteiger partial charge in [0.05, 0.1) is 19.3 Å². The summed E-state index contributed by atoms with van der Waals surface area (Å²) in [4.78, 5) is 63.0. The van der Waals surface area contributed by atoms with Gasteiger partial charge in [-0.1, -0.05) is 0 Å². The molecule has 0 aromatic rings. The van der Waals surface area contributed by atoms with Crippen LogP contribution in [0.1, 0.15) is 48.5 Å². The van der Waals surface area contributed by atoms with Gasteiger partial charge in [-0.05, 0) is 0 Å². The van der Waals surface area contributed by atoms with Crippen LogP contribution in [0.25, 0.3) is 0 Å². The maximum atomic E-state index is 9.26. The SMILES string of the molecule is CC(=O)O.CC(=O)O.CC(=O)O.CC(=O)O.CC(=O)O.CC(=O)O.CC(=O)O.NN[C@H](CO)[C@H](O)[C@@H](O)[C@H](O)CO. The first kappa shape index (κ1) is 57.0. The lowest BCUT2D eigenvalue weighted by molar-refractivity contribution is -0.135. The highest BCUT2D eigenvalue weighted by Crippen LogP contribution is 2.03. The molecule has 0 aliphatic carbocycles. The van der Waals surface area contributed by atoms with Crippen LogP contribution in [0.15, 0.2) is 0 Å². The number of nitrogens with one attached hydrogen (secondary N) is 1. The van der Waals surface area contributed by atoms with Gasteiger partial charge in [0, 0.05) is 48.5 Å². The summed E-state index contributed by atoms with van der Waals surface area (Å²) in [7, 11) is 0. The quantitative estimate of drug-likeness (QED) is 0.102. The van der Waals surface area contributed by atoms with Crippen molar-refractivity contribution < 1.29 is 94.8 Å². The minimum Gasteiger partial charge on any atom is -0.481 e. The lowest BCUT2D eigenvalue weighted by Gasteiger charge is -2.26. The van der Waals surface area contributed by atoms with E-state index in [-0.39, 0.29) is 0 Å². The smallest absolute Gasteiger partial charge is 0.300 e. The van der Waals surface area contributed by atoms with E-state index >= 15 is 0 Å². The van der Waals surface area contributed by atoms with Crippen LogP contribution in [0, 0.1) is 0 Å². The highest BCUT2D eigenvalue weighted by molar-refractivity contribution is 5.64. The second-order valence-corrected chi connectivity index (χ2v) is 6.32. The molecule has 41 heavy (non-hydrogen) atoms. The zero-order valence-electron chi connectivity index (χ0n) is 23.5. The van der Waals surface area contributed by atoms with E-state index in [1.807, 2.05) is 0 Å². The number of carboxylic acid groups (broad SMARTS) is 7. The maximum Gasteiger partial charge on any atom is 0.300 e. The summed E-state index contributed by atoms with van der Waals surface area (Å²) in [5, 5.41) is 96.3. The third kappa shape index (κ3) is 212. The van der Waals surface area contributed by atoms with E-state index in [2.05, 4.69) is 5.43 Å². The lowest BCUT2D eigenvalue weighted by atomic mass is 10.0. The van der Waals surface area contributed by atoms with Crippen LogP contribution < -0.4 is 11.3 Å². The van der Waals surface area contributed by atoms with Crippen molar-refractivity contribution in [3.63, 3.8) is 0 Å². The van der Waals surface area contributed by atoms with E-state index in [9.17, 15) is 5.11 Å². The molecule has 0 rings (SSSR count). The minimum atomic E-state index is -1.56. The van der Waals surface area contributed by atoms with Crippen LogP contribution in [-0.2, 0) is 33.6 Å². The van der Waals surface area contributed by atoms with Crippen molar-refractivity contribution in [1.29, 1.82) is 0 Å². The van der Waals surface area contributed by atoms with Crippen molar-refractivity contribution in [2.75, 3.05) is 13.2 Å². The Balaban J connectivity index is -0.0000000548. The molecule has 15 N–H and O–H groups in total. The molecule has 0 aliphatic rings. The molecule has 0 amide bonds. The number of aliphatic hydroxyl groups is 5. The molecule has 0 saturated carbocycles. The van der Waals surface area contributed by atoms with Crippen molar-refractivity contribution in [2.24, 2.45) is 5.84 Å². The molecule has 21 nitrogen and oxygen atoms in total. The molecule has 4 atom stereocenters. The first-order chi connectivity index (χ1) is 18.2. The predicted molar refractivity (Wildman–Crippen MR) is 136 cm³/mol. The molecular weight excluding hydrogens is 572 g/mol. The average Bonchev–Trinajstić information content (AvgIpc) is 2.70. The van der Waals surface area contributed by atoms with Crippen LogP contribution in [-0.4, -0.2) is 141 Å². The van der Waals surface area contributed by atoms with E-state index in [1.54, 1.807) is 0 Å². The number of aliphatic hydroxyl groups excluding tert-OH is 5. The molecule has 0 spiro atoms. The maximum absolute atomic E-state index is 9.26. The van der Waals surface area contributed by atoms with Crippen molar-refractivity contribution in [2.45, 2.75) is 72.8 Å². The normalized spacial score (nSPS) is 10.9. The Morgan fingerprint density at radius 1 is 0.488 bits per heavy atom. The highest BCUT2D eigenvalue weighted by atomic mass is 16.4. The zero-order valence-corrected chi connectivity index (χ0v) is 23.5. The van der Waals surface area contributed by atoms with Crippen LogP contribution in [0.2, 0.25) is 0 Å². The van der Waals surface area contributed by atoms with Gasteiger partial charge in [-0.3, -0.25) is 44.8 Å². The fourth-order valence-electron chi connectivity index (χ4n) is 0.833. The number of hydrogen-bond donors (Lipinski definition) is 14. The monoisotopic (exact) mass is 616 g/mol. The van der Waals surface area contributed by atoms with Gasteiger partial charge in [-0.15, -0.1) is 0 Å². The molecule has 248 valence electrons. The van der Waals surface area contributed by atoms with Gasteiger partial charge in [0.1, 0.15) is 18.3 Å². The Hall–Kier alpha value is -3.99. The summed E-state index contributed by atoms with van der Waals surface area (Å²) in [6.07, 6.45) is -4.47. The summed E-state index contributed by atoms with van der Waals surface area (Å²) >= 11 is 0. The van der Waals surface area contributed by atoms with Crippen molar-refractivity contribution in [1.82, 2.24) is 5.43 Å². The first-order valence-corrected chi connectivity index (χ1v) is 10.3. The molecule has 0 fully saturated rings. The van der Waals surface area contributed by atoms with E-state index < -0.39 is 79.4 Å². The average molecular weight is 617 g/mol. The molecule has 0 unspecified atom stereocenters. The molecule has 0 bridgehead atoms. The second kappa shape index (κ2) is 43.1. The zero-order chi connectivity index (χ0) is 35.5. The summed E-state index contributed by atoms with van der Waals surface area (Å²) in [5.74, 6) is -0.895. The van der Waals surface area contributed by atoms with Gasteiger partial charge in [-0.2, -0.15) is 0 Å². The molecule has 0 saturated heterocycles. The van der Waals surface area contributed by atoms with E-state index in [4.69, 9.17) is 95.6 Å². The number of nitrogens with two attached hydrogens (primary N) is 1. The van der Waals surface area contributed by atoms with Crippen LogP contribution in [0.5, 0.6) is 0 Å². The number of carbonyl (C=O) groups is 7. The van der Waals surface area contributed by atoms with Gasteiger partial charge in [-0.25, -0.2) is 0 Å². The Bertz CT molecular complexity index is 538. The van der Waals surface area contributed by atoms with E-state index in [0.717, 1.165) is 48.5 Å². The Kier molecular flexibility index (Phi) is 59.9. The fraction of sp³-hybridized carbons (Fsp3) is 0.650. The van der Waals surface area contributed by atoms with Crippen LogP contribution in [0.4, 0.5) is 0 Å². The third-order valence-electron chi connectivity index (χ3n) is 1.75. The Morgan fingerprint density at radius 2 is 0.659 bits per heavy atom. The Morgan fingerprint density at radius 3 is 0.756 bits per heavy atom. The summed E-state index contributed by atoms with van der Waals surface area (Å²) in [5.41, 5.74) is 2.06. The standard InChI is InChI=1S/C6H16N2O5.7C2H4O2/c7-8-3(1-9)5(12)6(13)4(11)2-10;7*1-2(3)4/h3-6,8-13H,1-2,7H2;7*1H3,(H,3,4)/t3-,4-,5+,6+;;;;;;;/m1......./s1. The van der Waals surface area contributed by atoms with Gasteiger partial charge in [0.2, 0.25) is 0 Å². The largest absolute Gasteiger partial charge is 0.481 e. The number of carboxylic acids is 7. The van der Waals surface area contributed by atoms with Crippen molar-refractivity contribution in [3.05, 3.63) is 0 Å². The van der Waals surface area contributed by atoms with E-state index in [0.29, 0.717) is 0 Å². The lowest BCUT2D eigenvalue weighted by Crippen LogP contribution is -2.54. The number of hydrazine groups is 1. The molecule has 21 heteroatoms. The van der Waals surface area contributed by atoms with Crippen LogP contribution >= 0.6 is 0 Å². The van der Waals surface area contributed by atoms with Gasteiger partial charge < -0.3 is 61.3 Å². The number of hydrogen-bond acceptors (Lipinski definition) is 14. The van der Waals surface area contributed by atoms with Gasteiger partial charge in [0.25, 0.3) is 41.8 Å². The van der Waals surface area contributed by atoms with Crippen molar-refractivity contribution in [3.8, 4) is 0 Å². The van der Waals surface area contributed by atoms with Gasteiger partial charge in [0.15, 0.2) is 0 Å². The Labute approximate surface area is 234 Å². The summed E-state index contributed by atoms with van der Waals surface area (Å²) in [6, 6.07) is -0.948. The molecule has 0 aliphatic heterocycles. The number of rotatable bonds is 6. The summed E-state index contributed by atoms with van der Waals surface area (Å²) in [6.45, 7) is 6.41.